The number of halogens is 2. The van der Waals surface area contributed by atoms with E-state index < -0.39 is 5.91 Å². The summed E-state index contributed by atoms with van der Waals surface area (Å²) in [6.45, 7) is 0. The second kappa shape index (κ2) is 5.91. The predicted molar refractivity (Wildman–Crippen MR) is 94.5 cm³/mol. The smallest absolute Gasteiger partial charge is 0.260 e. The highest BCUT2D eigenvalue weighted by atomic mass is 35.5. The molecule has 0 atom stereocenters. The predicted octanol–water partition coefficient (Wildman–Crippen LogP) is 4.59. The number of fused-ring (bicyclic) bond motifs is 2. The number of benzene rings is 1. The van der Waals surface area contributed by atoms with Gasteiger partial charge >= 0.3 is 0 Å². The van der Waals surface area contributed by atoms with E-state index in [1.165, 1.54) is 18.3 Å². The average Bonchev–Trinajstić information content (AvgIpc) is 3.16. The zero-order valence-corrected chi connectivity index (χ0v) is 14.0. The fourth-order valence-corrected chi connectivity index (χ4v) is 2.89. The van der Waals surface area contributed by atoms with E-state index in [2.05, 4.69) is 15.3 Å². The van der Waals surface area contributed by atoms with Crippen molar-refractivity contribution < 1.29 is 14.3 Å². The van der Waals surface area contributed by atoms with Crippen LogP contribution in [0.3, 0.4) is 0 Å². The van der Waals surface area contributed by atoms with Crippen LogP contribution in [0.2, 0.25) is 10.2 Å². The summed E-state index contributed by atoms with van der Waals surface area (Å²) in [7, 11) is 0. The molecule has 8 heteroatoms. The molecule has 0 aliphatic heterocycles. The van der Waals surface area contributed by atoms with Gasteiger partial charge in [0.2, 0.25) is 0 Å². The van der Waals surface area contributed by atoms with Crippen molar-refractivity contribution in [2.75, 3.05) is 5.32 Å². The number of nitrogens with one attached hydrogen (secondary N) is 1. The monoisotopic (exact) mass is 373 g/mol. The number of aromatic hydroxyl groups is 1. The number of pyridine rings is 2. The van der Waals surface area contributed by atoms with Gasteiger partial charge in [-0.1, -0.05) is 23.2 Å². The number of phenolic OH excluding ortho intramolecular Hbond substituents is 1. The fourth-order valence-electron chi connectivity index (χ4n) is 2.62. The van der Waals surface area contributed by atoms with E-state index in [-0.39, 0.29) is 27.1 Å². The van der Waals surface area contributed by atoms with Gasteiger partial charge in [-0.2, -0.15) is 0 Å². The lowest BCUT2D eigenvalue weighted by Crippen LogP contribution is -2.13. The topological polar surface area (TPSA) is 88.3 Å². The van der Waals surface area contributed by atoms with Crippen molar-refractivity contribution >= 4 is 46.0 Å². The second-order valence-corrected chi connectivity index (χ2v) is 6.03. The van der Waals surface area contributed by atoms with E-state index in [0.717, 1.165) is 0 Å². The number of rotatable bonds is 3. The highest BCUT2D eigenvalue weighted by molar-refractivity contribution is 6.41. The number of furan rings is 2. The standard InChI is InChI=1S/C17H9Cl2N3O3/c18-10-5-9(7-21-16(10)19)22-17(24)14-12-6-11(23)15(25-12)13(14)8-1-3-20-4-2-8/h1-7,23H,(H,22,24). The largest absolute Gasteiger partial charge is 0.504 e. The van der Waals surface area contributed by atoms with Gasteiger partial charge in [-0.3, -0.25) is 9.78 Å². The van der Waals surface area contributed by atoms with Gasteiger partial charge in [-0.15, -0.1) is 0 Å². The molecule has 0 saturated carbocycles. The van der Waals surface area contributed by atoms with Crippen molar-refractivity contribution in [2.45, 2.75) is 0 Å². The van der Waals surface area contributed by atoms with Crippen LogP contribution in [0.15, 0.2) is 47.3 Å². The Balaban J connectivity index is 1.78. The number of amides is 1. The Morgan fingerprint density at radius 1 is 1.20 bits per heavy atom. The minimum Gasteiger partial charge on any atom is -0.504 e. The summed E-state index contributed by atoms with van der Waals surface area (Å²) >= 11 is 11.7. The van der Waals surface area contributed by atoms with Gasteiger partial charge in [0.05, 0.1) is 22.5 Å². The number of phenols is 1. The highest BCUT2D eigenvalue weighted by Crippen LogP contribution is 2.42. The van der Waals surface area contributed by atoms with Crippen molar-refractivity contribution in [3.63, 3.8) is 0 Å². The number of carbonyl (C=O) groups is 1. The van der Waals surface area contributed by atoms with Crippen molar-refractivity contribution in [3.05, 3.63) is 58.6 Å². The molecule has 4 rings (SSSR count). The van der Waals surface area contributed by atoms with Crippen LogP contribution in [0.4, 0.5) is 5.69 Å². The van der Waals surface area contributed by atoms with E-state index in [0.29, 0.717) is 22.4 Å². The Hall–Kier alpha value is -2.83. The number of anilines is 1. The Labute approximate surface area is 151 Å². The summed E-state index contributed by atoms with van der Waals surface area (Å²) in [5.41, 5.74) is 2.44. The molecule has 0 aliphatic rings. The lowest BCUT2D eigenvalue weighted by atomic mass is 9.99. The van der Waals surface area contributed by atoms with Crippen LogP contribution in [0.1, 0.15) is 10.4 Å². The van der Waals surface area contributed by atoms with E-state index in [9.17, 15) is 9.90 Å². The van der Waals surface area contributed by atoms with Crippen LogP contribution >= 0.6 is 23.2 Å². The second-order valence-electron chi connectivity index (χ2n) is 5.26. The molecule has 1 amide bonds. The van der Waals surface area contributed by atoms with E-state index >= 15 is 0 Å². The van der Waals surface area contributed by atoms with E-state index in [4.69, 9.17) is 27.6 Å². The third kappa shape index (κ3) is 2.65. The molecule has 0 radical (unpaired) electrons. The molecular weight excluding hydrogens is 365 g/mol. The summed E-state index contributed by atoms with van der Waals surface area (Å²) in [4.78, 5) is 20.6. The number of hydrogen-bond donors (Lipinski definition) is 2. The molecule has 4 aromatic rings. The Bertz CT molecular complexity index is 1080. The molecule has 0 fully saturated rings. The molecule has 0 spiro atoms. The molecule has 4 aromatic heterocycles. The lowest BCUT2D eigenvalue weighted by molar-refractivity contribution is 0.102. The van der Waals surface area contributed by atoms with Gasteiger partial charge in [0, 0.05) is 24.0 Å². The molecule has 2 bridgehead atoms. The molecule has 6 nitrogen and oxygen atoms in total. The minimum atomic E-state index is -0.416. The minimum absolute atomic E-state index is 0.0189. The van der Waals surface area contributed by atoms with Gasteiger partial charge in [-0.05, 0) is 23.8 Å². The third-order valence-corrected chi connectivity index (χ3v) is 4.37. The number of hydrogen-bond acceptors (Lipinski definition) is 5. The summed E-state index contributed by atoms with van der Waals surface area (Å²) < 4.78 is 5.54. The fraction of sp³-hybridized carbons (Fsp3) is 0. The summed E-state index contributed by atoms with van der Waals surface area (Å²) in [6.07, 6.45) is 4.59. The molecule has 0 saturated heterocycles. The molecule has 0 aliphatic carbocycles. The Morgan fingerprint density at radius 2 is 1.96 bits per heavy atom. The maximum Gasteiger partial charge on any atom is 0.260 e. The van der Waals surface area contributed by atoms with Gasteiger partial charge in [0.15, 0.2) is 11.3 Å². The van der Waals surface area contributed by atoms with Gasteiger partial charge in [0.1, 0.15) is 10.7 Å². The Morgan fingerprint density at radius 3 is 2.68 bits per heavy atom. The molecule has 124 valence electrons. The van der Waals surface area contributed by atoms with Gasteiger partial charge in [-0.25, -0.2) is 4.98 Å². The summed E-state index contributed by atoms with van der Waals surface area (Å²) in [5.74, 6) is -0.435. The normalized spacial score (nSPS) is 11.1. The first-order valence-corrected chi connectivity index (χ1v) is 7.91. The van der Waals surface area contributed by atoms with Crippen molar-refractivity contribution in [2.24, 2.45) is 0 Å². The number of carbonyl (C=O) groups excluding carboxylic acids is 1. The molecule has 4 heterocycles. The van der Waals surface area contributed by atoms with Crippen molar-refractivity contribution in [1.29, 1.82) is 0 Å². The summed E-state index contributed by atoms with van der Waals surface area (Å²) in [5, 5.41) is 13.0. The zero-order valence-electron chi connectivity index (χ0n) is 12.5. The highest BCUT2D eigenvalue weighted by Gasteiger charge is 2.27. The third-order valence-electron chi connectivity index (χ3n) is 3.69. The van der Waals surface area contributed by atoms with E-state index in [1.807, 2.05) is 0 Å². The average molecular weight is 374 g/mol. The SMILES string of the molecule is O=C(Nc1cnc(Cl)c(Cl)c1)c1c(-c2ccncc2)c2oc1cc2O. The zero-order chi connectivity index (χ0) is 17.6. The first-order chi connectivity index (χ1) is 12.0. The van der Waals surface area contributed by atoms with Gasteiger partial charge < -0.3 is 14.8 Å². The van der Waals surface area contributed by atoms with Crippen LogP contribution in [0.25, 0.3) is 22.3 Å². The van der Waals surface area contributed by atoms with Crippen molar-refractivity contribution in [1.82, 2.24) is 9.97 Å². The first-order valence-electron chi connectivity index (χ1n) is 7.15. The maximum absolute atomic E-state index is 12.8. The molecule has 0 aromatic carbocycles. The maximum atomic E-state index is 12.8. The van der Waals surface area contributed by atoms with Crippen LogP contribution < -0.4 is 5.32 Å². The lowest BCUT2D eigenvalue weighted by Gasteiger charge is -2.08. The van der Waals surface area contributed by atoms with Gasteiger partial charge in [0.25, 0.3) is 5.91 Å². The first kappa shape index (κ1) is 15.7. The van der Waals surface area contributed by atoms with Crippen LogP contribution in [-0.2, 0) is 0 Å². The number of nitrogens with zero attached hydrogens (tertiary/aromatic N) is 2. The van der Waals surface area contributed by atoms with Crippen LogP contribution in [0, 0.1) is 0 Å². The molecule has 25 heavy (non-hydrogen) atoms. The van der Waals surface area contributed by atoms with E-state index in [1.54, 1.807) is 24.5 Å². The van der Waals surface area contributed by atoms with Crippen LogP contribution in [-0.4, -0.2) is 21.0 Å². The quantitative estimate of drug-likeness (QED) is 0.512. The van der Waals surface area contributed by atoms with Crippen LogP contribution in [0.5, 0.6) is 5.75 Å². The van der Waals surface area contributed by atoms with Crippen molar-refractivity contribution in [3.8, 4) is 16.9 Å². The number of aromatic nitrogens is 2. The Kier molecular flexibility index (Phi) is 3.71. The molecular formula is C17H9Cl2N3O3. The summed E-state index contributed by atoms with van der Waals surface area (Å²) in [6, 6.07) is 6.37. The molecule has 0 unspecified atom stereocenters. The molecule has 2 N–H and O–H groups in total.